The molecule has 0 amide bonds. The van der Waals surface area contributed by atoms with E-state index in [2.05, 4.69) is 0 Å². The fraction of sp³-hybridized carbons (Fsp3) is 0.900. The Morgan fingerprint density at radius 1 is 0.765 bits per heavy atom. The third-order valence-corrected chi connectivity index (χ3v) is 1.55. The molecule has 0 saturated heterocycles. The molecule has 7 nitrogen and oxygen atoms in total. The van der Waals surface area contributed by atoms with Crippen LogP contribution in [0.3, 0.4) is 0 Å². The Morgan fingerprint density at radius 2 is 1.29 bits per heavy atom. The number of hydrogen-bond acceptors (Lipinski definition) is 7. The fourth-order valence-electron chi connectivity index (χ4n) is 0.863. The van der Waals surface area contributed by atoms with Crippen molar-refractivity contribution in [1.82, 2.24) is 0 Å². The van der Waals surface area contributed by atoms with Gasteiger partial charge in [-0.3, -0.25) is 0 Å². The molecule has 0 aliphatic rings. The van der Waals surface area contributed by atoms with Gasteiger partial charge >= 0.3 is 5.97 Å². The lowest BCUT2D eigenvalue weighted by molar-refractivity contribution is -0.151. The van der Waals surface area contributed by atoms with Gasteiger partial charge in [-0.2, -0.15) is 0 Å². The van der Waals surface area contributed by atoms with Gasteiger partial charge in [-0.1, -0.05) is 0 Å². The van der Waals surface area contributed by atoms with E-state index in [1.165, 1.54) is 0 Å². The molecule has 0 aliphatic heterocycles. The molecular weight excluding hydrogens is 232 g/mol. The van der Waals surface area contributed by atoms with Crippen LogP contribution >= 0.6 is 0 Å². The molecule has 2 N–H and O–H groups in total. The van der Waals surface area contributed by atoms with Crippen LogP contribution in [0.1, 0.15) is 0 Å². The topological polar surface area (TPSA) is 94.5 Å². The molecule has 0 aromatic carbocycles. The molecule has 0 rings (SSSR count). The first-order valence-corrected chi connectivity index (χ1v) is 5.41. The van der Waals surface area contributed by atoms with Gasteiger partial charge in [-0.25, -0.2) is 4.79 Å². The summed E-state index contributed by atoms with van der Waals surface area (Å²) in [5, 5.41) is 16.8. The van der Waals surface area contributed by atoms with E-state index in [1.807, 2.05) is 0 Å². The predicted molar refractivity (Wildman–Crippen MR) is 57.6 cm³/mol. The minimum absolute atomic E-state index is 0.0319. The molecular formula is C10H20O7. The van der Waals surface area contributed by atoms with E-state index in [1.54, 1.807) is 0 Å². The number of hydrogen-bond donors (Lipinski definition) is 2. The van der Waals surface area contributed by atoms with Crippen LogP contribution < -0.4 is 0 Å². The van der Waals surface area contributed by atoms with Gasteiger partial charge in [0, 0.05) is 0 Å². The molecule has 0 radical (unpaired) electrons. The maximum Gasteiger partial charge on any atom is 0.332 e. The van der Waals surface area contributed by atoms with E-state index in [4.69, 9.17) is 29.2 Å². The van der Waals surface area contributed by atoms with Gasteiger partial charge < -0.3 is 29.2 Å². The molecule has 0 aromatic rings. The summed E-state index contributed by atoms with van der Waals surface area (Å²) in [4.78, 5) is 11.0. The highest BCUT2D eigenvalue weighted by molar-refractivity contribution is 5.70. The lowest BCUT2D eigenvalue weighted by Gasteiger charge is -2.06. The zero-order chi connectivity index (χ0) is 12.8. The maximum atomic E-state index is 11.0. The molecule has 17 heavy (non-hydrogen) atoms. The Balaban J connectivity index is 3.12. The third-order valence-electron chi connectivity index (χ3n) is 1.55. The van der Waals surface area contributed by atoms with Crippen molar-refractivity contribution in [3.05, 3.63) is 0 Å². The van der Waals surface area contributed by atoms with Crippen molar-refractivity contribution in [2.75, 3.05) is 59.5 Å². The van der Waals surface area contributed by atoms with Crippen molar-refractivity contribution in [2.45, 2.75) is 0 Å². The van der Waals surface area contributed by atoms with Crippen molar-refractivity contribution in [2.24, 2.45) is 0 Å². The maximum absolute atomic E-state index is 11.0. The normalized spacial score (nSPS) is 10.5. The molecule has 0 unspecified atom stereocenters. The predicted octanol–water partition coefficient (Wildman–Crippen LogP) is -1.44. The molecule has 102 valence electrons. The van der Waals surface area contributed by atoms with Crippen LogP contribution in [-0.2, 0) is 23.7 Å². The van der Waals surface area contributed by atoms with E-state index in [0.717, 1.165) is 0 Å². The Kier molecular flexibility index (Phi) is 12.8. The summed E-state index contributed by atoms with van der Waals surface area (Å²) in [6, 6.07) is 0. The zero-order valence-corrected chi connectivity index (χ0v) is 9.80. The standard InChI is InChI=1S/C10H20O7/c11-1-3-14-5-6-16-9-10(13)17-8-7-15-4-2-12/h11-12H,1-9H2. The Bertz CT molecular complexity index is 174. The Labute approximate surface area is 100 Å². The van der Waals surface area contributed by atoms with Gasteiger partial charge in [-0.05, 0) is 0 Å². The second-order valence-electron chi connectivity index (χ2n) is 2.95. The summed E-state index contributed by atoms with van der Waals surface area (Å²) >= 11 is 0. The number of esters is 1. The molecule has 0 spiro atoms. The molecule has 0 heterocycles. The highest BCUT2D eigenvalue weighted by Crippen LogP contribution is 1.84. The number of carbonyl (C=O) groups excluding carboxylic acids is 1. The van der Waals surface area contributed by atoms with Crippen LogP contribution in [0.15, 0.2) is 0 Å². The zero-order valence-electron chi connectivity index (χ0n) is 9.80. The third kappa shape index (κ3) is 13.2. The first kappa shape index (κ1) is 16.3. The van der Waals surface area contributed by atoms with Crippen LogP contribution in [0.25, 0.3) is 0 Å². The van der Waals surface area contributed by atoms with E-state index in [9.17, 15) is 4.79 Å². The van der Waals surface area contributed by atoms with Gasteiger partial charge in [0.25, 0.3) is 0 Å². The van der Waals surface area contributed by atoms with E-state index in [-0.39, 0.29) is 52.9 Å². The summed E-state index contributed by atoms with van der Waals surface area (Å²) in [5.41, 5.74) is 0. The largest absolute Gasteiger partial charge is 0.462 e. The van der Waals surface area contributed by atoms with Gasteiger partial charge in [0.15, 0.2) is 0 Å². The quantitative estimate of drug-likeness (QED) is 0.324. The molecule has 0 fully saturated rings. The van der Waals surface area contributed by atoms with Crippen molar-refractivity contribution in [1.29, 1.82) is 0 Å². The van der Waals surface area contributed by atoms with Crippen molar-refractivity contribution >= 4 is 5.97 Å². The molecule has 7 heteroatoms. The van der Waals surface area contributed by atoms with Crippen molar-refractivity contribution < 1.29 is 34.0 Å². The van der Waals surface area contributed by atoms with Gasteiger partial charge in [0.2, 0.25) is 0 Å². The van der Waals surface area contributed by atoms with Crippen LogP contribution in [0, 0.1) is 0 Å². The molecule has 0 atom stereocenters. The lowest BCUT2D eigenvalue weighted by Crippen LogP contribution is -2.18. The first-order chi connectivity index (χ1) is 8.31. The monoisotopic (exact) mass is 252 g/mol. The molecule has 0 aromatic heterocycles. The number of ether oxygens (including phenoxy) is 4. The van der Waals surface area contributed by atoms with E-state index < -0.39 is 5.97 Å². The van der Waals surface area contributed by atoms with Gasteiger partial charge in [-0.15, -0.1) is 0 Å². The highest BCUT2D eigenvalue weighted by Gasteiger charge is 2.02. The lowest BCUT2D eigenvalue weighted by atomic mass is 10.6. The molecule has 0 aliphatic carbocycles. The summed E-state index contributed by atoms with van der Waals surface area (Å²) in [5.74, 6) is -0.472. The summed E-state index contributed by atoms with van der Waals surface area (Å²) in [7, 11) is 0. The number of carbonyl (C=O) groups is 1. The first-order valence-electron chi connectivity index (χ1n) is 5.41. The van der Waals surface area contributed by atoms with E-state index >= 15 is 0 Å². The SMILES string of the molecule is O=C(COCCOCCO)OCCOCCO. The van der Waals surface area contributed by atoms with Crippen LogP contribution in [0.5, 0.6) is 0 Å². The summed E-state index contributed by atoms with van der Waals surface area (Å²) in [6.07, 6.45) is 0. The molecule has 0 bridgehead atoms. The average molecular weight is 252 g/mol. The summed E-state index contributed by atoms with van der Waals surface area (Å²) < 4.78 is 19.5. The number of rotatable bonds is 12. The minimum Gasteiger partial charge on any atom is -0.462 e. The summed E-state index contributed by atoms with van der Waals surface area (Å²) in [6.45, 7) is 1.27. The van der Waals surface area contributed by atoms with Crippen LogP contribution in [0.2, 0.25) is 0 Å². The number of aliphatic hydroxyl groups is 2. The fourth-order valence-corrected chi connectivity index (χ4v) is 0.863. The second-order valence-corrected chi connectivity index (χ2v) is 2.95. The van der Waals surface area contributed by atoms with Gasteiger partial charge in [0.1, 0.15) is 13.2 Å². The van der Waals surface area contributed by atoms with Crippen molar-refractivity contribution in [3.63, 3.8) is 0 Å². The minimum atomic E-state index is -0.472. The number of aliphatic hydroxyl groups excluding tert-OH is 2. The average Bonchev–Trinajstić information content (AvgIpc) is 2.33. The highest BCUT2D eigenvalue weighted by atomic mass is 16.6. The van der Waals surface area contributed by atoms with Crippen molar-refractivity contribution in [3.8, 4) is 0 Å². The van der Waals surface area contributed by atoms with Crippen LogP contribution in [0.4, 0.5) is 0 Å². The Morgan fingerprint density at radius 3 is 1.88 bits per heavy atom. The van der Waals surface area contributed by atoms with Gasteiger partial charge in [0.05, 0.1) is 46.2 Å². The smallest absolute Gasteiger partial charge is 0.332 e. The van der Waals surface area contributed by atoms with E-state index in [0.29, 0.717) is 6.61 Å². The van der Waals surface area contributed by atoms with Crippen LogP contribution in [-0.4, -0.2) is 75.6 Å². The Hall–Kier alpha value is -0.730. The molecule has 0 saturated carbocycles. The second kappa shape index (κ2) is 13.3.